The third-order valence-corrected chi connectivity index (χ3v) is 6.45. The molecule has 2 atom stereocenters. The van der Waals surface area contributed by atoms with Gasteiger partial charge in [-0.05, 0) is 54.4 Å². The number of fused-ring (bicyclic) bond motifs is 1. The summed E-state index contributed by atoms with van der Waals surface area (Å²) in [6.07, 6.45) is -6.04. The van der Waals surface area contributed by atoms with E-state index in [2.05, 4.69) is 27.7 Å². The summed E-state index contributed by atoms with van der Waals surface area (Å²) in [5.41, 5.74) is -0.575. The molecule has 3 nitrogen and oxygen atoms in total. The zero-order valence-corrected chi connectivity index (χ0v) is 18.4. The minimum atomic E-state index is -4.91. The van der Waals surface area contributed by atoms with Crippen molar-refractivity contribution in [1.82, 2.24) is 10.2 Å². The Bertz CT molecular complexity index is 963. The van der Waals surface area contributed by atoms with Gasteiger partial charge >= 0.3 is 12.4 Å². The Morgan fingerprint density at radius 3 is 1.94 bits per heavy atom. The fraction of sp³-hybridized carbons (Fsp3) is 0.435. The van der Waals surface area contributed by atoms with Gasteiger partial charge in [0.15, 0.2) is 5.11 Å². The molecule has 10 heteroatoms. The van der Waals surface area contributed by atoms with Crippen molar-refractivity contribution in [3.63, 3.8) is 0 Å². The van der Waals surface area contributed by atoms with Crippen molar-refractivity contribution in [3.05, 3.63) is 64.7 Å². The van der Waals surface area contributed by atoms with Gasteiger partial charge in [-0.1, -0.05) is 37.1 Å². The lowest BCUT2D eigenvalue weighted by Crippen LogP contribution is -2.52. The molecule has 2 aliphatic rings. The van der Waals surface area contributed by atoms with E-state index in [4.69, 9.17) is 12.2 Å². The normalized spacial score (nSPS) is 21.5. The van der Waals surface area contributed by atoms with Crippen LogP contribution in [0.25, 0.3) is 0 Å². The molecule has 1 aliphatic heterocycles. The molecule has 1 heterocycles. The summed E-state index contributed by atoms with van der Waals surface area (Å²) >= 11 is 5.28. The number of benzene rings is 2. The Labute approximate surface area is 193 Å². The minimum absolute atomic E-state index is 0.0102. The molecule has 33 heavy (non-hydrogen) atoms. The summed E-state index contributed by atoms with van der Waals surface area (Å²) in [6.45, 7) is 1.61. The van der Waals surface area contributed by atoms with Gasteiger partial charge in [-0.3, -0.25) is 4.90 Å². The summed E-state index contributed by atoms with van der Waals surface area (Å²) in [5, 5.41) is 5.71. The quantitative estimate of drug-likeness (QED) is 0.391. The molecule has 0 bridgehead atoms. The van der Waals surface area contributed by atoms with Crippen molar-refractivity contribution >= 4 is 23.0 Å². The van der Waals surface area contributed by atoms with Gasteiger partial charge in [0, 0.05) is 30.9 Å². The van der Waals surface area contributed by atoms with E-state index in [0.29, 0.717) is 12.1 Å². The van der Waals surface area contributed by atoms with Crippen LogP contribution in [-0.2, 0) is 25.4 Å². The number of hydrogen-bond donors (Lipinski definition) is 2. The third kappa shape index (κ3) is 5.60. The van der Waals surface area contributed by atoms with Crippen LogP contribution >= 0.6 is 12.2 Å². The standard InChI is InChI=1S/C23H23F6N3S/c24-22(25,26)16-9-17(23(27,28)29)11-18(10-16)30-21(33)31-19-7-3-4-8-20(19)32-12-14-5-1-2-6-15(14)13-32/h1-2,5-6,9-11,19-20H,3-4,7-8,12-13H2,(H2,30,31,33). The fourth-order valence-corrected chi connectivity index (χ4v) is 4.94. The molecule has 0 saturated heterocycles. The molecule has 0 radical (unpaired) electrons. The van der Waals surface area contributed by atoms with Gasteiger partial charge in [0.05, 0.1) is 11.1 Å². The van der Waals surface area contributed by atoms with E-state index < -0.39 is 23.5 Å². The van der Waals surface area contributed by atoms with Crippen LogP contribution < -0.4 is 10.6 Å². The van der Waals surface area contributed by atoms with E-state index >= 15 is 0 Å². The summed E-state index contributed by atoms with van der Waals surface area (Å²) in [7, 11) is 0. The molecule has 0 aromatic heterocycles. The van der Waals surface area contributed by atoms with Gasteiger partial charge < -0.3 is 10.6 Å². The molecule has 1 saturated carbocycles. The largest absolute Gasteiger partial charge is 0.416 e. The molecule has 0 amide bonds. The summed E-state index contributed by atoms with van der Waals surface area (Å²) in [6, 6.07) is 9.68. The van der Waals surface area contributed by atoms with E-state index in [9.17, 15) is 26.3 Å². The van der Waals surface area contributed by atoms with Gasteiger partial charge in [0.1, 0.15) is 0 Å². The topological polar surface area (TPSA) is 27.3 Å². The Balaban J connectivity index is 1.47. The van der Waals surface area contributed by atoms with Crippen LogP contribution in [-0.4, -0.2) is 22.1 Å². The molecule has 4 rings (SSSR count). The van der Waals surface area contributed by atoms with Crippen LogP contribution in [0.4, 0.5) is 32.0 Å². The predicted octanol–water partition coefficient (Wildman–Crippen LogP) is 6.34. The van der Waals surface area contributed by atoms with Crippen molar-refractivity contribution in [3.8, 4) is 0 Å². The molecule has 2 N–H and O–H groups in total. The molecule has 2 unspecified atom stereocenters. The second-order valence-electron chi connectivity index (χ2n) is 8.53. The summed E-state index contributed by atoms with van der Waals surface area (Å²) < 4.78 is 78.8. The molecule has 178 valence electrons. The minimum Gasteiger partial charge on any atom is -0.358 e. The van der Waals surface area contributed by atoms with Gasteiger partial charge in [0.2, 0.25) is 0 Å². The number of hydrogen-bond acceptors (Lipinski definition) is 2. The number of anilines is 1. The van der Waals surface area contributed by atoms with Crippen LogP contribution in [0.2, 0.25) is 0 Å². The van der Waals surface area contributed by atoms with Gasteiger partial charge in [-0.25, -0.2) is 0 Å². The zero-order chi connectivity index (χ0) is 23.8. The van der Waals surface area contributed by atoms with Crippen LogP contribution in [0.1, 0.15) is 47.9 Å². The maximum Gasteiger partial charge on any atom is 0.416 e. The number of thiocarbonyl (C=S) groups is 1. The smallest absolute Gasteiger partial charge is 0.358 e. The number of rotatable bonds is 3. The second kappa shape index (κ2) is 9.13. The average molecular weight is 488 g/mol. The SMILES string of the molecule is FC(F)(F)c1cc(NC(=S)NC2CCCCC2N2Cc3ccccc3C2)cc(C(F)(F)F)c1. The number of nitrogens with zero attached hydrogens (tertiary/aromatic N) is 1. The molecule has 1 fully saturated rings. The zero-order valence-electron chi connectivity index (χ0n) is 17.6. The van der Waals surface area contributed by atoms with Gasteiger partial charge in [0.25, 0.3) is 0 Å². The highest BCUT2D eigenvalue weighted by Crippen LogP contribution is 2.37. The van der Waals surface area contributed by atoms with Crippen molar-refractivity contribution in [2.24, 2.45) is 0 Å². The fourth-order valence-electron chi connectivity index (χ4n) is 4.67. The van der Waals surface area contributed by atoms with Crippen molar-refractivity contribution in [2.45, 2.75) is 63.2 Å². The van der Waals surface area contributed by atoms with Crippen molar-refractivity contribution < 1.29 is 26.3 Å². The highest BCUT2D eigenvalue weighted by atomic mass is 32.1. The molecular weight excluding hydrogens is 464 g/mol. The van der Waals surface area contributed by atoms with Crippen LogP contribution in [0.5, 0.6) is 0 Å². The molecule has 2 aromatic rings. The van der Waals surface area contributed by atoms with Crippen LogP contribution in [0, 0.1) is 0 Å². The molecule has 1 aliphatic carbocycles. The lowest BCUT2D eigenvalue weighted by atomic mass is 9.89. The molecule has 2 aromatic carbocycles. The van der Waals surface area contributed by atoms with E-state index in [1.165, 1.54) is 11.1 Å². The van der Waals surface area contributed by atoms with Crippen molar-refractivity contribution in [1.29, 1.82) is 0 Å². The Hall–Kier alpha value is -2.33. The highest BCUT2D eigenvalue weighted by molar-refractivity contribution is 7.80. The highest BCUT2D eigenvalue weighted by Gasteiger charge is 2.37. The Morgan fingerprint density at radius 1 is 0.848 bits per heavy atom. The predicted molar refractivity (Wildman–Crippen MR) is 118 cm³/mol. The van der Waals surface area contributed by atoms with Gasteiger partial charge in [-0.2, -0.15) is 26.3 Å². The molecule has 0 spiro atoms. The average Bonchev–Trinajstić information content (AvgIpc) is 3.16. The van der Waals surface area contributed by atoms with E-state index in [1.807, 2.05) is 12.1 Å². The van der Waals surface area contributed by atoms with E-state index in [0.717, 1.165) is 38.8 Å². The maximum absolute atomic E-state index is 13.1. The van der Waals surface area contributed by atoms with Crippen LogP contribution in [0.3, 0.4) is 0 Å². The maximum atomic E-state index is 13.1. The summed E-state index contributed by atoms with van der Waals surface area (Å²) in [5.74, 6) is 0. The van der Waals surface area contributed by atoms with E-state index in [-0.39, 0.29) is 28.9 Å². The monoisotopic (exact) mass is 487 g/mol. The lowest BCUT2D eigenvalue weighted by molar-refractivity contribution is -0.143. The number of nitrogens with one attached hydrogen (secondary N) is 2. The number of halogens is 6. The Morgan fingerprint density at radius 2 is 1.39 bits per heavy atom. The third-order valence-electron chi connectivity index (χ3n) is 6.23. The van der Waals surface area contributed by atoms with Crippen molar-refractivity contribution in [2.75, 3.05) is 5.32 Å². The Kier molecular flexibility index (Phi) is 6.59. The number of alkyl halides is 6. The lowest BCUT2D eigenvalue weighted by Gasteiger charge is -2.38. The first kappa shape index (κ1) is 23.8. The molecular formula is C23H23F6N3S. The first-order valence-electron chi connectivity index (χ1n) is 10.7. The van der Waals surface area contributed by atoms with E-state index in [1.54, 1.807) is 0 Å². The van der Waals surface area contributed by atoms with Crippen LogP contribution in [0.15, 0.2) is 42.5 Å². The summed E-state index contributed by atoms with van der Waals surface area (Å²) in [4.78, 5) is 2.36. The van der Waals surface area contributed by atoms with Gasteiger partial charge in [-0.15, -0.1) is 0 Å². The second-order valence-corrected chi connectivity index (χ2v) is 8.93. The first-order valence-corrected chi connectivity index (χ1v) is 11.1. The first-order chi connectivity index (χ1) is 15.5.